The molecule has 2 N–H and O–H groups in total. The highest BCUT2D eigenvalue weighted by Gasteiger charge is 2.11. The van der Waals surface area contributed by atoms with Crippen molar-refractivity contribution in [1.82, 2.24) is 24.9 Å². The number of hydrogen-bond acceptors (Lipinski definition) is 3. The molecule has 0 spiro atoms. The molecule has 3 rings (SSSR count). The van der Waals surface area contributed by atoms with Gasteiger partial charge in [0.05, 0.1) is 11.4 Å². The van der Waals surface area contributed by atoms with Gasteiger partial charge >= 0.3 is 6.03 Å². The minimum Gasteiger partial charge on any atom is -0.328 e. The summed E-state index contributed by atoms with van der Waals surface area (Å²) in [5.41, 5.74) is 3.41. The van der Waals surface area contributed by atoms with Gasteiger partial charge in [-0.15, -0.1) is 0 Å². The number of nitrogens with zero attached hydrogens (tertiary/aromatic N) is 4. The van der Waals surface area contributed by atoms with Crippen molar-refractivity contribution in [3.8, 4) is 11.3 Å². The Morgan fingerprint density at radius 2 is 2.07 bits per heavy atom. The van der Waals surface area contributed by atoms with E-state index in [1.165, 1.54) is 12.1 Å². The molecule has 154 valence electrons. The van der Waals surface area contributed by atoms with Gasteiger partial charge < -0.3 is 4.90 Å². The summed E-state index contributed by atoms with van der Waals surface area (Å²) < 4.78 is 15.0. The quantitative estimate of drug-likeness (QED) is 0.560. The Labute approximate surface area is 169 Å². The maximum atomic E-state index is 13.3. The maximum Gasteiger partial charge on any atom is 0.322 e. The lowest BCUT2D eigenvalue weighted by Gasteiger charge is -2.17. The molecule has 8 heteroatoms. The van der Waals surface area contributed by atoms with Crippen molar-refractivity contribution in [2.24, 2.45) is 7.05 Å². The predicted molar refractivity (Wildman–Crippen MR) is 111 cm³/mol. The first-order valence-electron chi connectivity index (χ1n) is 9.75. The van der Waals surface area contributed by atoms with Crippen LogP contribution in [-0.2, 0) is 13.5 Å². The van der Waals surface area contributed by atoms with Crippen LogP contribution in [0.2, 0.25) is 0 Å². The van der Waals surface area contributed by atoms with Crippen molar-refractivity contribution in [2.45, 2.75) is 32.6 Å². The Hall–Kier alpha value is -3.16. The molecule has 0 aliphatic rings. The average molecular weight is 398 g/mol. The Bertz CT molecular complexity index is 964. The predicted octanol–water partition coefficient (Wildman–Crippen LogP) is 4.13. The molecule has 1 aromatic carbocycles. The second kappa shape index (κ2) is 9.36. The smallest absolute Gasteiger partial charge is 0.322 e. The number of unbranched alkanes of at least 4 members (excludes halogenated alkanes) is 2. The molecule has 0 radical (unpaired) electrons. The van der Waals surface area contributed by atoms with Gasteiger partial charge in [-0.1, -0.05) is 18.6 Å². The number of H-pyrrole nitrogens is 1. The number of urea groups is 1. The largest absolute Gasteiger partial charge is 0.328 e. The number of benzene rings is 1. The van der Waals surface area contributed by atoms with E-state index in [2.05, 4.69) is 20.6 Å². The summed E-state index contributed by atoms with van der Waals surface area (Å²) in [7, 11) is 3.59. The topological polar surface area (TPSA) is 78.8 Å². The van der Waals surface area contributed by atoms with Crippen molar-refractivity contribution in [3.63, 3.8) is 0 Å². The maximum absolute atomic E-state index is 13.3. The highest BCUT2D eigenvalue weighted by atomic mass is 19.1. The molecule has 0 aliphatic heterocycles. The lowest BCUT2D eigenvalue weighted by atomic mass is 10.1. The summed E-state index contributed by atoms with van der Waals surface area (Å²) in [6.07, 6.45) is 3.77. The molecule has 0 saturated heterocycles. The molecule has 2 amide bonds. The summed E-state index contributed by atoms with van der Waals surface area (Å²) in [6, 6.07) is 10.1. The second-order valence-corrected chi connectivity index (χ2v) is 7.25. The van der Waals surface area contributed by atoms with Gasteiger partial charge in [0.25, 0.3) is 0 Å². The van der Waals surface area contributed by atoms with Crippen LogP contribution in [0.15, 0.2) is 36.4 Å². The first-order valence-corrected chi connectivity index (χ1v) is 9.75. The van der Waals surface area contributed by atoms with Gasteiger partial charge in [-0.05, 0) is 44.4 Å². The van der Waals surface area contributed by atoms with E-state index in [1.54, 1.807) is 29.7 Å². The molecule has 0 saturated carbocycles. The minimum atomic E-state index is -0.265. The molecule has 2 heterocycles. The Balaban J connectivity index is 1.37. The van der Waals surface area contributed by atoms with Crippen molar-refractivity contribution in [3.05, 3.63) is 53.6 Å². The van der Waals surface area contributed by atoms with Crippen LogP contribution in [-0.4, -0.2) is 44.5 Å². The number of rotatable bonds is 8. The Morgan fingerprint density at radius 3 is 2.79 bits per heavy atom. The summed E-state index contributed by atoms with van der Waals surface area (Å²) in [6.45, 7) is 2.57. The standard InChI is InChI=1S/C21H27FN6O/c1-15-12-20(28(3)26-15)23-21(29)27(2)11-6-4-5-10-18-14-19(25-24-18)16-8-7-9-17(22)13-16/h7-9,12-14H,4-6,10-11H2,1-3H3,(H,23,29)(H,24,25). The van der Waals surface area contributed by atoms with E-state index >= 15 is 0 Å². The normalized spacial score (nSPS) is 10.9. The first kappa shape index (κ1) is 20.6. The number of amides is 2. The number of carbonyl (C=O) groups excluding carboxylic acids is 1. The fraction of sp³-hybridized carbons (Fsp3) is 0.381. The van der Waals surface area contributed by atoms with Crippen LogP contribution in [0.25, 0.3) is 11.3 Å². The number of nitrogens with one attached hydrogen (secondary N) is 2. The van der Waals surface area contributed by atoms with E-state index in [-0.39, 0.29) is 11.8 Å². The third-order valence-electron chi connectivity index (χ3n) is 4.77. The van der Waals surface area contributed by atoms with Gasteiger partial charge in [0.2, 0.25) is 0 Å². The van der Waals surface area contributed by atoms with E-state index in [0.29, 0.717) is 12.4 Å². The molecule has 0 atom stereocenters. The number of carbonyl (C=O) groups is 1. The summed E-state index contributed by atoms with van der Waals surface area (Å²) in [5, 5.41) is 14.4. The van der Waals surface area contributed by atoms with E-state index in [1.807, 2.05) is 25.1 Å². The van der Waals surface area contributed by atoms with Crippen LogP contribution < -0.4 is 5.32 Å². The van der Waals surface area contributed by atoms with E-state index < -0.39 is 0 Å². The molecule has 2 aromatic heterocycles. The molecule has 7 nitrogen and oxygen atoms in total. The lowest BCUT2D eigenvalue weighted by molar-refractivity contribution is 0.221. The first-order chi connectivity index (χ1) is 13.9. The van der Waals surface area contributed by atoms with Gasteiger partial charge in [-0.2, -0.15) is 10.2 Å². The van der Waals surface area contributed by atoms with Gasteiger partial charge in [-0.3, -0.25) is 15.1 Å². The zero-order chi connectivity index (χ0) is 20.8. The van der Waals surface area contributed by atoms with Crippen molar-refractivity contribution in [1.29, 1.82) is 0 Å². The lowest BCUT2D eigenvalue weighted by Crippen LogP contribution is -2.32. The monoisotopic (exact) mass is 398 g/mol. The van der Waals surface area contributed by atoms with Crippen molar-refractivity contribution >= 4 is 11.8 Å². The van der Waals surface area contributed by atoms with Gasteiger partial charge in [0.15, 0.2) is 0 Å². The summed E-state index contributed by atoms with van der Waals surface area (Å²) in [5.74, 6) is 0.423. The second-order valence-electron chi connectivity index (χ2n) is 7.25. The SMILES string of the molecule is Cc1cc(NC(=O)N(C)CCCCCc2cc(-c3cccc(F)c3)n[nH]2)n(C)n1. The Kier molecular flexibility index (Phi) is 6.64. The van der Waals surface area contributed by atoms with Gasteiger partial charge in [0.1, 0.15) is 11.6 Å². The zero-order valence-electron chi connectivity index (χ0n) is 17.1. The average Bonchev–Trinajstić information content (AvgIpc) is 3.27. The van der Waals surface area contributed by atoms with Crippen LogP contribution >= 0.6 is 0 Å². The summed E-state index contributed by atoms with van der Waals surface area (Å²) >= 11 is 0. The van der Waals surface area contributed by atoms with Crippen LogP contribution in [0, 0.1) is 12.7 Å². The van der Waals surface area contributed by atoms with Crippen LogP contribution in [0.4, 0.5) is 15.0 Å². The molecular formula is C21H27FN6O. The van der Waals surface area contributed by atoms with Gasteiger partial charge in [-0.25, -0.2) is 9.18 Å². The van der Waals surface area contributed by atoms with Crippen molar-refractivity contribution < 1.29 is 9.18 Å². The highest BCUT2D eigenvalue weighted by Crippen LogP contribution is 2.19. The van der Waals surface area contributed by atoms with Crippen LogP contribution in [0.3, 0.4) is 0 Å². The third-order valence-corrected chi connectivity index (χ3v) is 4.77. The van der Waals surface area contributed by atoms with E-state index in [0.717, 1.165) is 48.3 Å². The number of aromatic nitrogens is 4. The van der Waals surface area contributed by atoms with E-state index in [4.69, 9.17) is 0 Å². The van der Waals surface area contributed by atoms with Gasteiger partial charge in [0, 0.05) is 38.0 Å². The molecule has 29 heavy (non-hydrogen) atoms. The van der Waals surface area contributed by atoms with E-state index in [9.17, 15) is 9.18 Å². The fourth-order valence-corrected chi connectivity index (χ4v) is 3.16. The highest BCUT2D eigenvalue weighted by molar-refractivity contribution is 5.88. The molecule has 0 unspecified atom stereocenters. The summed E-state index contributed by atoms with van der Waals surface area (Å²) in [4.78, 5) is 13.9. The van der Waals surface area contributed by atoms with Crippen LogP contribution in [0.5, 0.6) is 0 Å². The number of anilines is 1. The van der Waals surface area contributed by atoms with Crippen molar-refractivity contribution in [2.75, 3.05) is 18.9 Å². The van der Waals surface area contributed by atoms with Crippen LogP contribution in [0.1, 0.15) is 30.7 Å². The minimum absolute atomic E-state index is 0.138. The molecular weight excluding hydrogens is 371 g/mol. The molecule has 0 aliphatic carbocycles. The zero-order valence-corrected chi connectivity index (χ0v) is 17.1. The number of aromatic amines is 1. The number of aryl methyl sites for hydroxylation is 3. The third kappa shape index (κ3) is 5.66. The fourth-order valence-electron chi connectivity index (χ4n) is 3.16. The molecule has 0 bridgehead atoms. The molecule has 3 aromatic rings. The Morgan fingerprint density at radius 1 is 1.24 bits per heavy atom. The number of hydrogen-bond donors (Lipinski definition) is 2. The molecule has 0 fully saturated rings. The number of halogens is 1.